The van der Waals surface area contributed by atoms with Gasteiger partial charge in [0.1, 0.15) is 5.69 Å². The fraction of sp³-hybridized carbons (Fsp3) is 0. The number of nitrogens with two attached hydrogens (primary N) is 1. The Balaban J connectivity index is 2.60. The number of anilines is 1. The highest BCUT2D eigenvalue weighted by Crippen LogP contribution is 2.12. The summed E-state index contributed by atoms with van der Waals surface area (Å²) in [6.07, 6.45) is 1.45. The van der Waals surface area contributed by atoms with E-state index < -0.39 is 0 Å². The molecule has 3 N–H and O–H groups in total. The zero-order valence-electron chi connectivity index (χ0n) is 7.20. The summed E-state index contributed by atoms with van der Waals surface area (Å²) in [5.41, 5.74) is 6.00. The molecule has 0 aliphatic rings. The number of H-pyrrole nitrogens is 1. The Morgan fingerprint density at radius 1 is 1.43 bits per heavy atom. The number of nitrogens with one attached hydrogen (secondary N) is 1. The van der Waals surface area contributed by atoms with E-state index in [1.807, 2.05) is 0 Å². The largest absolute Gasteiger partial charge is 0.393 e. The van der Waals surface area contributed by atoms with Crippen molar-refractivity contribution in [2.75, 3.05) is 5.73 Å². The smallest absolute Gasteiger partial charge is 0.294 e. The first-order valence-electron chi connectivity index (χ1n) is 4.00. The number of rotatable bonds is 1. The molecule has 0 fully saturated rings. The molecule has 5 heteroatoms. The van der Waals surface area contributed by atoms with Crippen molar-refractivity contribution in [1.82, 2.24) is 9.78 Å². The quantitative estimate of drug-likeness (QED) is 0.746. The number of halogens is 1. The van der Waals surface area contributed by atoms with Crippen LogP contribution < -0.4 is 11.3 Å². The molecular weight excluding hydrogens is 202 g/mol. The van der Waals surface area contributed by atoms with E-state index in [1.54, 1.807) is 24.3 Å². The van der Waals surface area contributed by atoms with Gasteiger partial charge in [-0.25, -0.2) is 4.68 Å². The summed E-state index contributed by atoms with van der Waals surface area (Å²) >= 11 is 5.79. The highest BCUT2D eigenvalue weighted by atomic mass is 35.5. The van der Waals surface area contributed by atoms with Gasteiger partial charge in [0.05, 0.1) is 5.69 Å². The van der Waals surface area contributed by atoms with Gasteiger partial charge in [-0.05, 0) is 18.2 Å². The van der Waals surface area contributed by atoms with Crippen molar-refractivity contribution in [2.24, 2.45) is 0 Å². The molecule has 1 aromatic heterocycles. The van der Waals surface area contributed by atoms with E-state index in [0.29, 0.717) is 10.7 Å². The zero-order valence-corrected chi connectivity index (χ0v) is 7.95. The Morgan fingerprint density at radius 3 is 2.79 bits per heavy atom. The maximum Gasteiger partial charge on any atom is 0.294 e. The van der Waals surface area contributed by atoms with Crippen molar-refractivity contribution < 1.29 is 0 Å². The Morgan fingerprint density at radius 2 is 2.21 bits per heavy atom. The molecule has 1 aromatic carbocycles. The molecule has 0 atom stereocenters. The number of hydrogen-bond acceptors (Lipinski definition) is 2. The van der Waals surface area contributed by atoms with Crippen LogP contribution in [-0.2, 0) is 0 Å². The van der Waals surface area contributed by atoms with E-state index in [-0.39, 0.29) is 11.2 Å². The second-order valence-electron chi connectivity index (χ2n) is 2.85. The molecule has 0 bridgehead atoms. The standard InChI is InChI=1S/C9H8ClN3O/c10-6-2-1-3-7(4-6)13-9(14)8(11)5-12-13/h1-5,12H,11H2. The third-order valence-corrected chi connectivity index (χ3v) is 2.10. The summed E-state index contributed by atoms with van der Waals surface area (Å²) in [7, 11) is 0. The van der Waals surface area contributed by atoms with Crippen molar-refractivity contribution in [1.29, 1.82) is 0 Å². The van der Waals surface area contributed by atoms with Crippen LogP contribution in [0, 0.1) is 0 Å². The molecule has 0 spiro atoms. The van der Waals surface area contributed by atoms with Gasteiger partial charge < -0.3 is 5.73 Å². The van der Waals surface area contributed by atoms with Crippen molar-refractivity contribution in [3.63, 3.8) is 0 Å². The summed E-state index contributed by atoms with van der Waals surface area (Å²) in [6, 6.07) is 6.95. The fourth-order valence-corrected chi connectivity index (χ4v) is 1.38. The van der Waals surface area contributed by atoms with Crippen LogP contribution in [0.3, 0.4) is 0 Å². The molecule has 0 aliphatic heterocycles. The van der Waals surface area contributed by atoms with Crippen LogP contribution >= 0.6 is 11.6 Å². The lowest BCUT2D eigenvalue weighted by Gasteiger charge is -2.00. The van der Waals surface area contributed by atoms with Crippen LogP contribution in [-0.4, -0.2) is 9.78 Å². The van der Waals surface area contributed by atoms with Gasteiger partial charge in [-0.2, -0.15) is 0 Å². The lowest BCUT2D eigenvalue weighted by molar-refractivity contribution is 0.850. The Kier molecular flexibility index (Phi) is 2.05. The highest BCUT2D eigenvalue weighted by molar-refractivity contribution is 6.30. The molecule has 0 amide bonds. The highest BCUT2D eigenvalue weighted by Gasteiger charge is 2.04. The number of aromatic amines is 1. The third kappa shape index (κ3) is 1.40. The number of nitrogens with zero attached hydrogens (tertiary/aromatic N) is 1. The molecule has 2 aromatic rings. The molecular formula is C9H8ClN3O. The average molecular weight is 210 g/mol. The van der Waals surface area contributed by atoms with Gasteiger partial charge in [0.15, 0.2) is 0 Å². The SMILES string of the molecule is Nc1c[nH]n(-c2cccc(Cl)c2)c1=O. The van der Waals surface area contributed by atoms with Crippen LogP contribution in [0.25, 0.3) is 5.69 Å². The van der Waals surface area contributed by atoms with Crippen molar-refractivity contribution >= 4 is 17.3 Å². The van der Waals surface area contributed by atoms with E-state index in [0.717, 1.165) is 0 Å². The Bertz CT molecular complexity index is 515. The number of aromatic nitrogens is 2. The summed E-state index contributed by atoms with van der Waals surface area (Å²) in [6.45, 7) is 0. The molecule has 0 unspecified atom stereocenters. The predicted octanol–water partition coefficient (Wildman–Crippen LogP) is 1.40. The van der Waals surface area contributed by atoms with Crippen LogP contribution in [0.4, 0.5) is 5.69 Å². The molecule has 0 aliphatic carbocycles. The van der Waals surface area contributed by atoms with E-state index in [4.69, 9.17) is 17.3 Å². The normalized spacial score (nSPS) is 10.4. The summed E-state index contributed by atoms with van der Waals surface area (Å²) in [5.74, 6) is 0. The first kappa shape index (κ1) is 8.90. The van der Waals surface area contributed by atoms with Gasteiger partial charge in [0, 0.05) is 11.2 Å². The number of benzene rings is 1. The molecule has 1 heterocycles. The first-order chi connectivity index (χ1) is 6.68. The van der Waals surface area contributed by atoms with Gasteiger partial charge in [0.25, 0.3) is 5.56 Å². The second-order valence-corrected chi connectivity index (χ2v) is 3.29. The lowest BCUT2D eigenvalue weighted by Crippen LogP contribution is -2.16. The lowest BCUT2D eigenvalue weighted by atomic mass is 10.3. The average Bonchev–Trinajstić information content (AvgIpc) is 2.48. The number of nitrogen functional groups attached to an aromatic ring is 1. The second kappa shape index (κ2) is 3.23. The van der Waals surface area contributed by atoms with Crippen molar-refractivity contribution in [2.45, 2.75) is 0 Å². The monoisotopic (exact) mass is 209 g/mol. The van der Waals surface area contributed by atoms with Crippen molar-refractivity contribution in [3.05, 3.63) is 45.8 Å². The Hall–Kier alpha value is -1.68. The van der Waals surface area contributed by atoms with Crippen LogP contribution in [0.15, 0.2) is 35.3 Å². The molecule has 0 saturated carbocycles. The maximum atomic E-state index is 11.4. The molecule has 0 radical (unpaired) electrons. The minimum absolute atomic E-state index is 0.185. The van der Waals surface area contributed by atoms with Gasteiger partial charge in [-0.3, -0.25) is 9.89 Å². The molecule has 72 valence electrons. The van der Waals surface area contributed by atoms with Crippen molar-refractivity contribution in [3.8, 4) is 5.69 Å². The molecule has 14 heavy (non-hydrogen) atoms. The topological polar surface area (TPSA) is 63.8 Å². The summed E-state index contributed by atoms with van der Waals surface area (Å²) in [4.78, 5) is 11.4. The van der Waals surface area contributed by atoms with Gasteiger partial charge in [-0.15, -0.1) is 0 Å². The first-order valence-corrected chi connectivity index (χ1v) is 4.38. The van der Waals surface area contributed by atoms with Gasteiger partial charge in [0.2, 0.25) is 0 Å². The molecule has 2 rings (SSSR count). The Labute approximate surface area is 84.9 Å². The van der Waals surface area contributed by atoms with Crippen LogP contribution in [0.1, 0.15) is 0 Å². The number of hydrogen-bond donors (Lipinski definition) is 2. The van der Waals surface area contributed by atoms with E-state index in [2.05, 4.69) is 5.10 Å². The minimum Gasteiger partial charge on any atom is -0.393 e. The van der Waals surface area contributed by atoms with Gasteiger partial charge >= 0.3 is 0 Å². The zero-order chi connectivity index (χ0) is 10.1. The summed E-state index contributed by atoms with van der Waals surface area (Å²) in [5, 5.41) is 3.31. The van der Waals surface area contributed by atoms with Crippen LogP contribution in [0.5, 0.6) is 0 Å². The van der Waals surface area contributed by atoms with E-state index in [9.17, 15) is 4.79 Å². The van der Waals surface area contributed by atoms with Crippen LogP contribution in [0.2, 0.25) is 5.02 Å². The fourth-order valence-electron chi connectivity index (χ4n) is 1.19. The van der Waals surface area contributed by atoms with Gasteiger partial charge in [-0.1, -0.05) is 17.7 Å². The third-order valence-electron chi connectivity index (χ3n) is 1.87. The molecule has 0 saturated heterocycles. The minimum atomic E-state index is -0.271. The maximum absolute atomic E-state index is 11.4. The van der Waals surface area contributed by atoms with E-state index >= 15 is 0 Å². The summed E-state index contributed by atoms with van der Waals surface area (Å²) < 4.78 is 1.33. The molecule has 4 nitrogen and oxygen atoms in total. The van der Waals surface area contributed by atoms with E-state index in [1.165, 1.54) is 10.9 Å². The predicted molar refractivity (Wildman–Crippen MR) is 55.8 cm³/mol.